The van der Waals surface area contributed by atoms with Crippen molar-refractivity contribution in [1.82, 2.24) is 10.2 Å². The Morgan fingerprint density at radius 3 is 3.00 bits per heavy atom. The molecule has 0 aliphatic carbocycles. The minimum atomic E-state index is -0.103. The molecule has 0 aromatic carbocycles. The first-order chi connectivity index (χ1) is 10.7. The van der Waals surface area contributed by atoms with E-state index in [1.807, 2.05) is 26.0 Å². The predicted octanol–water partition coefficient (Wildman–Crippen LogP) is 2.64. The summed E-state index contributed by atoms with van der Waals surface area (Å²) < 4.78 is 10.5. The van der Waals surface area contributed by atoms with Gasteiger partial charge in [0.2, 0.25) is 0 Å². The zero-order valence-electron chi connectivity index (χ0n) is 13.8. The van der Waals surface area contributed by atoms with E-state index in [0.717, 1.165) is 37.7 Å². The topological polar surface area (TPSA) is 67.1 Å². The fraction of sp³-hybridized carbons (Fsp3) is 0.625. The Labute approximate surface area is 154 Å². The molecule has 0 saturated carbocycles. The molecule has 1 aromatic rings. The Kier molecular flexibility index (Phi) is 9.05. The molecule has 23 heavy (non-hydrogen) atoms. The normalized spacial score (nSPS) is 18.3. The number of rotatable bonds is 5. The number of ether oxygens (including phenoxy) is 1. The summed E-state index contributed by atoms with van der Waals surface area (Å²) in [6, 6.07) is 3.76. The van der Waals surface area contributed by atoms with Crippen LogP contribution in [0, 0.1) is 5.92 Å². The van der Waals surface area contributed by atoms with E-state index < -0.39 is 0 Å². The number of halogens is 1. The number of esters is 1. The van der Waals surface area contributed by atoms with Crippen LogP contribution in [0.4, 0.5) is 0 Å². The van der Waals surface area contributed by atoms with Crippen LogP contribution in [0.15, 0.2) is 27.8 Å². The quantitative estimate of drug-likeness (QED) is 0.334. The van der Waals surface area contributed by atoms with Crippen LogP contribution in [0.1, 0.15) is 32.4 Å². The van der Waals surface area contributed by atoms with Crippen molar-refractivity contribution in [3.05, 3.63) is 24.2 Å². The van der Waals surface area contributed by atoms with Crippen molar-refractivity contribution in [1.29, 1.82) is 0 Å². The van der Waals surface area contributed by atoms with Crippen molar-refractivity contribution in [2.75, 3.05) is 26.2 Å². The first kappa shape index (κ1) is 19.8. The van der Waals surface area contributed by atoms with Crippen LogP contribution in [0.25, 0.3) is 0 Å². The second-order valence-corrected chi connectivity index (χ2v) is 5.29. The number of furan rings is 1. The standard InChI is InChI=1S/C16H25N3O3.HI/c1-3-17-16(18-11-14-8-6-10-22-14)19-9-5-7-13(12-19)15(20)21-4-2;/h6,8,10,13H,3-5,7,9,11-12H2,1-2H3,(H,17,18);1H. The van der Waals surface area contributed by atoms with Crippen molar-refractivity contribution in [3.63, 3.8) is 0 Å². The van der Waals surface area contributed by atoms with Crippen LogP contribution in [0.5, 0.6) is 0 Å². The fourth-order valence-corrected chi connectivity index (χ4v) is 2.60. The molecule has 0 bridgehead atoms. The number of carbonyl (C=O) groups excluding carboxylic acids is 1. The van der Waals surface area contributed by atoms with Gasteiger partial charge in [0.25, 0.3) is 0 Å². The SMILES string of the molecule is CCNC(=NCc1ccco1)N1CCCC(C(=O)OCC)C1.I. The summed E-state index contributed by atoms with van der Waals surface area (Å²) in [5.74, 6) is 1.48. The zero-order chi connectivity index (χ0) is 15.8. The summed E-state index contributed by atoms with van der Waals surface area (Å²) in [5.41, 5.74) is 0. The molecule has 1 aliphatic rings. The molecule has 1 fully saturated rings. The molecule has 1 aliphatic heterocycles. The molecule has 7 heteroatoms. The van der Waals surface area contributed by atoms with Crippen molar-refractivity contribution in [2.24, 2.45) is 10.9 Å². The molecule has 1 atom stereocenters. The maximum atomic E-state index is 11.9. The van der Waals surface area contributed by atoms with E-state index in [1.54, 1.807) is 6.26 Å². The highest BCUT2D eigenvalue weighted by Crippen LogP contribution is 2.18. The van der Waals surface area contributed by atoms with Crippen molar-refractivity contribution < 1.29 is 13.9 Å². The smallest absolute Gasteiger partial charge is 0.310 e. The highest BCUT2D eigenvalue weighted by molar-refractivity contribution is 14.0. The summed E-state index contributed by atoms with van der Waals surface area (Å²) in [6.45, 7) is 7.15. The molecular weight excluding hydrogens is 409 g/mol. The van der Waals surface area contributed by atoms with E-state index in [1.165, 1.54) is 0 Å². The van der Waals surface area contributed by atoms with Gasteiger partial charge in [-0.15, -0.1) is 24.0 Å². The van der Waals surface area contributed by atoms with Gasteiger partial charge in [0, 0.05) is 19.6 Å². The maximum absolute atomic E-state index is 11.9. The van der Waals surface area contributed by atoms with Crippen LogP contribution < -0.4 is 5.32 Å². The Morgan fingerprint density at radius 2 is 2.35 bits per heavy atom. The highest BCUT2D eigenvalue weighted by Gasteiger charge is 2.28. The monoisotopic (exact) mass is 435 g/mol. The first-order valence-corrected chi connectivity index (χ1v) is 7.96. The number of carbonyl (C=O) groups is 1. The van der Waals surface area contributed by atoms with Gasteiger partial charge in [0.05, 0.1) is 18.8 Å². The third-order valence-corrected chi connectivity index (χ3v) is 3.64. The number of nitrogens with one attached hydrogen (secondary N) is 1. The lowest BCUT2D eigenvalue weighted by atomic mass is 9.98. The molecule has 0 radical (unpaired) electrons. The zero-order valence-corrected chi connectivity index (χ0v) is 16.1. The molecule has 6 nitrogen and oxygen atoms in total. The summed E-state index contributed by atoms with van der Waals surface area (Å²) in [5, 5.41) is 3.29. The second-order valence-electron chi connectivity index (χ2n) is 5.29. The summed E-state index contributed by atoms with van der Waals surface area (Å²) in [6.07, 6.45) is 3.50. The van der Waals surface area contributed by atoms with Gasteiger partial charge in [-0.25, -0.2) is 4.99 Å². The van der Waals surface area contributed by atoms with Gasteiger partial charge in [-0.2, -0.15) is 0 Å². The number of hydrogen-bond acceptors (Lipinski definition) is 4. The third kappa shape index (κ3) is 6.04. The van der Waals surface area contributed by atoms with E-state index in [0.29, 0.717) is 19.7 Å². The molecule has 0 amide bonds. The largest absolute Gasteiger partial charge is 0.467 e. The van der Waals surface area contributed by atoms with E-state index in [4.69, 9.17) is 9.15 Å². The number of hydrogen-bond donors (Lipinski definition) is 1. The van der Waals surface area contributed by atoms with E-state index >= 15 is 0 Å². The average molecular weight is 435 g/mol. The Bertz CT molecular complexity index is 491. The lowest BCUT2D eigenvalue weighted by molar-refractivity contribution is -0.149. The second kappa shape index (κ2) is 10.5. The Balaban J connectivity index is 0.00000264. The van der Waals surface area contributed by atoms with E-state index in [2.05, 4.69) is 15.2 Å². The molecular formula is C16H26IN3O3. The Morgan fingerprint density at radius 1 is 1.52 bits per heavy atom. The average Bonchev–Trinajstić information content (AvgIpc) is 3.05. The third-order valence-electron chi connectivity index (χ3n) is 3.64. The number of guanidine groups is 1. The minimum absolute atomic E-state index is 0. The van der Waals surface area contributed by atoms with Crippen molar-refractivity contribution in [2.45, 2.75) is 33.2 Å². The molecule has 1 unspecified atom stereocenters. The van der Waals surface area contributed by atoms with Gasteiger partial charge < -0.3 is 19.4 Å². The summed E-state index contributed by atoms with van der Waals surface area (Å²) in [7, 11) is 0. The van der Waals surface area contributed by atoms with Crippen LogP contribution in [-0.2, 0) is 16.1 Å². The molecule has 2 rings (SSSR count). The van der Waals surface area contributed by atoms with Gasteiger partial charge in [0.1, 0.15) is 12.3 Å². The van der Waals surface area contributed by atoms with Crippen LogP contribution >= 0.6 is 24.0 Å². The van der Waals surface area contributed by atoms with Gasteiger partial charge in [-0.3, -0.25) is 4.79 Å². The first-order valence-electron chi connectivity index (χ1n) is 7.96. The minimum Gasteiger partial charge on any atom is -0.467 e. The lowest BCUT2D eigenvalue weighted by Gasteiger charge is -2.33. The van der Waals surface area contributed by atoms with Crippen LogP contribution in [0.2, 0.25) is 0 Å². The van der Waals surface area contributed by atoms with Crippen LogP contribution in [0.3, 0.4) is 0 Å². The van der Waals surface area contributed by atoms with Crippen molar-refractivity contribution >= 4 is 35.9 Å². The fourth-order valence-electron chi connectivity index (χ4n) is 2.60. The molecule has 2 heterocycles. The van der Waals surface area contributed by atoms with Gasteiger partial charge in [-0.05, 0) is 38.8 Å². The molecule has 1 saturated heterocycles. The molecule has 0 spiro atoms. The summed E-state index contributed by atoms with van der Waals surface area (Å²) >= 11 is 0. The number of piperidine rings is 1. The lowest BCUT2D eigenvalue weighted by Crippen LogP contribution is -2.48. The van der Waals surface area contributed by atoms with E-state index in [9.17, 15) is 4.79 Å². The van der Waals surface area contributed by atoms with Crippen LogP contribution in [-0.4, -0.2) is 43.1 Å². The van der Waals surface area contributed by atoms with Crippen molar-refractivity contribution in [3.8, 4) is 0 Å². The van der Waals surface area contributed by atoms with Gasteiger partial charge >= 0.3 is 5.97 Å². The highest BCUT2D eigenvalue weighted by atomic mass is 127. The number of aliphatic imine (C=N–C) groups is 1. The van der Waals surface area contributed by atoms with Gasteiger partial charge in [-0.1, -0.05) is 0 Å². The maximum Gasteiger partial charge on any atom is 0.310 e. The van der Waals surface area contributed by atoms with E-state index in [-0.39, 0.29) is 35.9 Å². The number of likely N-dealkylation sites (tertiary alicyclic amines) is 1. The number of nitrogens with zero attached hydrogens (tertiary/aromatic N) is 2. The Hall–Kier alpha value is -1.25. The predicted molar refractivity (Wildman–Crippen MR) is 99.9 cm³/mol. The summed E-state index contributed by atoms with van der Waals surface area (Å²) in [4.78, 5) is 18.7. The van der Waals surface area contributed by atoms with Gasteiger partial charge in [0.15, 0.2) is 5.96 Å². The molecule has 130 valence electrons. The molecule has 1 aromatic heterocycles. The molecule has 1 N–H and O–H groups in total.